The quantitative estimate of drug-likeness (QED) is 0.252. The number of halogens is 4. The molecule has 1 aliphatic rings. The van der Waals surface area contributed by atoms with E-state index in [0.717, 1.165) is 0 Å². The highest BCUT2D eigenvalue weighted by Crippen LogP contribution is 2.37. The number of fused-ring (bicyclic) bond motifs is 2. The maximum Gasteiger partial charge on any atom is 0.124 e. The first-order valence-corrected chi connectivity index (χ1v) is 11.0. The van der Waals surface area contributed by atoms with Crippen molar-refractivity contribution in [3.05, 3.63) is 119 Å². The van der Waals surface area contributed by atoms with Gasteiger partial charge in [-0.1, -0.05) is 0 Å². The van der Waals surface area contributed by atoms with Gasteiger partial charge < -0.3 is 10.3 Å². The van der Waals surface area contributed by atoms with E-state index in [9.17, 15) is 17.6 Å². The Bertz CT molecular complexity index is 1680. The van der Waals surface area contributed by atoms with E-state index in [1.165, 1.54) is 60.7 Å². The van der Waals surface area contributed by atoms with Gasteiger partial charge in [-0.05, 0) is 84.9 Å². The van der Waals surface area contributed by atoms with Crippen LogP contribution in [0.15, 0.2) is 94.9 Å². The predicted molar refractivity (Wildman–Crippen MR) is 133 cm³/mol. The fourth-order valence-corrected chi connectivity index (χ4v) is 4.18. The summed E-state index contributed by atoms with van der Waals surface area (Å²) >= 11 is 0. The van der Waals surface area contributed by atoms with Crippen molar-refractivity contribution in [2.75, 3.05) is 5.32 Å². The smallest absolute Gasteiger partial charge is 0.124 e. The van der Waals surface area contributed by atoms with Gasteiger partial charge in [-0.3, -0.25) is 0 Å². The maximum absolute atomic E-state index is 14.2. The molecule has 2 N–H and O–H groups in total. The second-order valence-corrected chi connectivity index (χ2v) is 8.26. The molecule has 0 amide bonds. The van der Waals surface area contributed by atoms with Gasteiger partial charge in [0.15, 0.2) is 0 Å². The third kappa shape index (κ3) is 3.92. The van der Waals surface area contributed by atoms with Crippen LogP contribution in [-0.2, 0) is 0 Å². The Labute approximate surface area is 202 Å². The van der Waals surface area contributed by atoms with Gasteiger partial charge in [-0.15, -0.1) is 0 Å². The van der Waals surface area contributed by atoms with E-state index in [1.54, 1.807) is 24.3 Å². The topological polar surface area (TPSA) is 52.5 Å². The molecule has 1 aromatic heterocycles. The van der Waals surface area contributed by atoms with Crippen LogP contribution < -0.4 is 5.32 Å². The Morgan fingerprint density at radius 3 is 2.08 bits per heavy atom. The average molecular weight is 484 g/mol. The van der Waals surface area contributed by atoms with Crippen molar-refractivity contribution in [2.24, 2.45) is 9.98 Å². The molecule has 0 unspecified atom stereocenters. The number of hydrogen-bond donors (Lipinski definition) is 2. The van der Waals surface area contributed by atoms with Gasteiger partial charge >= 0.3 is 0 Å². The number of anilines is 2. The normalized spacial score (nSPS) is 13.8. The number of nitrogens with one attached hydrogen (secondary N) is 2. The number of aromatic amines is 1. The Morgan fingerprint density at radius 2 is 1.33 bits per heavy atom. The first-order valence-electron chi connectivity index (χ1n) is 11.0. The van der Waals surface area contributed by atoms with Gasteiger partial charge in [0.05, 0.1) is 22.8 Å². The molecule has 4 nitrogen and oxygen atoms in total. The van der Waals surface area contributed by atoms with E-state index < -0.39 is 23.3 Å². The summed E-state index contributed by atoms with van der Waals surface area (Å²) in [6.07, 6.45) is 0. The van der Waals surface area contributed by atoms with Crippen LogP contribution >= 0.6 is 0 Å². The van der Waals surface area contributed by atoms with Crippen LogP contribution in [0.4, 0.5) is 40.3 Å². The molecule has 0 spiro atoms. The molecule has 4 aromatic carbocycles. The van der Waals surface area contributed by atoms with E-state index in [-0.39, 0.29) is 0 Å². The summed E-state index contributed by atoms with van der Waals surface area (Å²) in [5, 5.41) is 3.77. The number of aliphatic imine (C=N–C) groups is 2. The minimum Gasteiger partial charge on any atom is -0.353 e. The lowest BCUT2D eigenvalue weighted by atomic mass is 10.0. The molecule has 0 aliphatic carbocycles. The van der Waals surface area contributed by atoms with Crippen LogP contribution in [0.25, 0.3) is 10.9 Å². The highest BCUT2D eigenvalue weighted by atomic mass is 19.1. The molecule has 0 saturated heterocycles. The summed E-state index contributed by atoms with van der Waals surface area (Å²) in [6.45, 7) is 0. The molecule has 6 rings (SSSR count). The molecule has 0 fully saturated rings. The first-order chi connectivity index (χ1) is 17.4. The van der Waals surface area contributed by atoms with Crippen LogP contribution in [0.1, 0.15) is 11.3 Å². The third-order valence-corrected chi connectivity index (χ3v) is 5.85. The van der Waals surface area contributed by atoms with E-state index in [1.807, 2.05) is 0 Å². The highest BCUT2D eigenvalue weighted by molar-refractivity contribution is 6.58. The third-order valence-electron chi connectivity index (χ3n) is 5.85. The number of benzene rings is 4. The molecule has 1 aliphatic heterocycles. The number of nitrogens with zero attached hydrogens (tertiary/aromatic N) is 2. The number of H-pyrrole nitrogens is 1. The molecule has 0 radical (unpaired) electrons. The van der Waals surface area contributed by atoms with Crippen molar-refractivity contribution in [1.82, 2.24) is 4.98 Å². The Morgan fingerprint density at radius 1 is 0.694 bits per heavy atom. The number of rotatable bonds is 4. The molecule has 5 aromatic rings. The van der Waals surface area contributed by atoms with E-state index >= 15 is 0 Å². The van der Waals surface area contributed by atoms with Gasteiger partial charge in [-0.2, -0.15) is 0 Å². The van der Waals surface area contributed by atoms with E-state index in [4.69, 9.17) is 4.99 Å². The molecule has 8 heteroatoms. The number of hydrogen-bond acceptors (Lipinski definition) is 3. The lowest BCUT2D eigenvalue weighted by Gasteiger charge is -2.10. The average Bonchev–Trinajstić information content (AvgIpc) is 3.39. The summed E-state index contributed by atoms with van der Waals surface area (Å²) in [6, 6.07) is 19.8. The van der Waals surface area contributed by atoms with Gasteiger partial charge in [0, 0.05) is 22.2 Å². The van der Waals surface area contributed by atoms with E-state index in [0.29, 0.717) is 56.3 Å². The molecule has 0 atom stereocenters. The largest absolute Gasteiger partial charge is 0.353 e. The van der Waals surface area contributed by atoms with Crippen LogP contribution in [-0.4, -0.2) is 16.4 Å². The fraction of sp³-hybridized carbons (Fsp3) is 0. The zero-order valence-corrected chi connectivity index (χ0v) is 18.5. The molecular weight excluding hydrogens is 468 g/mol. The minimum absolute atomic E-state index is 0.366. The van der Waals surface area contributed by atoms with Crippen molar-refractivity contribution < 1.29 is 17.6 Å². The molecule has 2 heterocycles. The SMILES string of the molecule is Fc1ccc(N=C2C(c3[nH]c4ccc(F)cc4c3Nc3ccc(F)cc3)=Nc3ccc(F)cc32)cc1. The molecule has 0 bridgehead atoms. The summed E-state index contributed by atoms with van der Waals surface area (Å²) < 4.78 is 55.4. The summed E-state index contributed by atoms with van der Waals surface area (Å²) in [4.78, 5) is 12.7. The monoisotopic (exact) mass is 484 g/mol. The van der Waals surface area contributed by atoms with Crippen molar-refractivity contribution >= 4 is 45.1 Å². The minimum atomic E-state index is -0.458. The second-order valence-electron chi connectivity index (χ2n) is 8.26. The van der Waals surface area contributed by atoms with Crippen LogP contribution in [0.2, 0.25) is 0 Å². The standard InChI is InChI=1S/C28H16F4N4/c29-15-1-7-19(8-2-15)33-25-21-13-17(31)5-11-23(21)35-27(25)28-26(34-20-9-3-16(30)4-10-20)22-14-18(32)6-12-24(22)36-28/h1-14,33,35H. The Kier molecular flexibility index (Phi) is 5.14. The predicted octanol–water partition coefficient (Wildman–Crippen LogP) is 7.72. The van der Waals surface area contributed by atoms with Gasteiger partial charge in [0.25, 0.3) is 0 Å². The molecule has 36 heavy (non-hydrogen) atoms. The van der Waals surface area contributed by atoms with Crippen LogP contribution in [0.3, 0.4) is 0 Å². The van der Waals surface area contributed by atoms with Crippen molar-refractivity contribution in [3.8, 4) is 0 Å². The van der Waals surface area contributed by atoms with Crippen molar-refractivity contribution in [3.63, 3.8) is 0 Å². The van der Waals surface area contributed by atoms with E-state index in [2.05, 4.69) is 15.3 Å². The first kappa shape index (κ1) is 21.8. The zero-order valence-electron chi connectivity index (χ0n) is 18.5. The Balaban J connectivity index is 1.56. The lowest BCUT2D eigenvalue weighted by molar-refractivity contribution is 0.627. The second kappa shape index (κ2) is 8.49. The fourth-order valence-electron chi connectivity index (χ4n) is 4.18. The van der Waals surface area contributed by atoms with Crippen LogP contribution in [0, 0.1) is 23.3 Å². The van der Waals surface area contributed by atoms with Crippen molar-refractivity contribution in [2.45, 2.75) is 0 Å². The molecular formula is C28H16F4N4. The van der Waals surface area contributed by atoms with Gasteiger partial charge in [0.1, 0.15) is 34.7 Å². The van der Waals surface area contributed by atoms with Gasteiger partial charge in [-0.25, -0.2) is 27.5 Å². The van der Waals surface area contributed by atoms with Crippen molar-refractivity contribution in [1.29, 1.82) is 0 Å². The number of aromatic nitrogens is 1. The van der Waals surface area contributed by atoms with Gasteiger partial charge in [0.2, 0.25) is 0 Å². The zero-order chi connectivity index (χ0) is 24.8. The molecule has 0 saturated carbocycles. The maximum atomic E-state index is 14.2. The summed E-state index contributed by atoms with van der Waals surface area (Å²) in [5.41, 5.74) is 4.35. The summed E-state index contributed by atoms with van der Waals surface area (Å²) in [7, 11) is 0. The highest BCUT2D eigenvalue weighted by Gasteiger charge is 2.29. The molecule has 176 valence electrons. The summed E-state index contributed by atoms with van der Waals surface area (Å²) in [5.74, 6) is -1.69. The van der Waals surface area contributed by atoms with Crippen LogP contribution in [0.5, 0.6) is 0 Å². The lowest BCUT2D eigenvalue weighted by Crippen LogP contribution is -2.14. The Hall–Kier alpha value is -4.72.